The molecule has 3 atom stereocenters. The monoisotopic (exact) mass is 700 g/mol. The van der Waals surface area contributed by atoms with Gasteiger partial charge in [-0.05, 0) is 51.4 Å². The van der Waals surface area contributed by atoms with Crippen LogP contribution in [0.15, 0.2) is 36.5 Å². The first-order chi connectivity index (χ1) is 23.0. The van der Waals surface area contributed by atoms with Crippen LogP contribution in [0.25, 0.3) is 0 Å². The van der Waals surface area contributed by atoms with Crippen LogP contribution in [0, 0.1) is 0 Å². The zero-order valence-corrected chi connectivity index (χ0v) is 32.6. The first kappa shape index (κ1) is 46.7. The molecule has 0 heterocycles. The highest BCUT2D eigenvalue weighted by atomic mass is 31.2. The molecule has 9 heteroatoms. The number of phosphoric acid groups is 1. The summed E-state index contributed by atoms with van der Waals surface area (Å²) in [6.45, 7) is 4.74. The molecule has 0 saturated heterocycles. The van der Waals surface area contributed by atoms with Crippen LogP contribution in [0.4, 0.5) is 0 Å². The van der Waals surface area contributed by atoms with E-state index < -0.39 is 20.0 Å². The fourth-order valence-corrected chi connectivity index (χ4v) is 5.92. The molecular formula is C39H76N2O6P+. The summed E-state index contributed by atoms with van der Waals surface area (Å²) in [5.74, 6) is -0.195. The Balaban J connectivity index is 4.52. The molecule has 0 aliphatic rings. The second-order valence-electron chi connectivity index (χ2n) is 14.3. The van der Waals surface area contributed by atoms with Gasteiger partial charge in [-0.25, -0.2) is 4.57 Å². The summed E-state index contributed by atoms with van der Waals surface area (Å²) in [5, 5.41) is 13.7. The number of nitrogens with zero attached hydrogens (tertiary/aromatic N) is 1. The summed E-state index contributed by atoms with van der Waals surface area (Å²) in [5.41, 5.74) is 0. The van der Waals surface area contributed by atoms with Crippen molar-refractivity contribution in [2.45, 2.75) is 167 Å². The van der Waals surface area contributed by atoms with Gasteiger partial charge in [-0.1, -0.05) is 134 Å². The maximum Gasteiger partial charge on any atom is 0.472 e. The van der Waals surface area contributed by atoms with Gasteiger partial charge in [0.25, 0.3) is 0 Å². The Bertz CT molecular complexity index is 886. The van der Waals surface area contributed by atoms with Crippen molar-refractivity contribution in [1.82, 2.24) is 5.32 Å². The van der Waals surface area contributed by atoms with Gasteiger partial charge >= 0.3 is 7.82 Å². The molecule has 1 amide bonds. The number of likely N-dealkylation sites (N-methyl/N-ethyl adjacent to an activating group) is 1. The zero-order chi connectivity index (χ0) is 35.8. The van der Waals surface area contributed by atoms with Crippen molar-refractivity contribution in [2.75, 3.05) is 40.9 Å². The van der Waals surface area contributed by atoms with Gasteiger partial charge in [0.05, 0.1) is 39.9 Å². The molecule has 3 N–H and O–H groups in total. The Morgan fingerprint density at radius 1 is 0.708 bits per heavy atom. The van der Waals surface area contributed by atoms with Crippen molar-refractivity contribution in [2.24, 2.45) is 0 Å². The van der Waals surface area contributed by atoms with Gasteiger partial charge in [0.15, 0.2) is 0 Å². The van der Waals surface area contributed by atoms with E-state index in [0.717, 1.165) is 64.2 Å². The third-order valence-electron chi connectivity index (χ3n) is 8.35. The van der Waals surface area contributed by atoms with E-state index in [4.69, 9.17) is 9.05 Å². The lowest BCUT2D eigenvalue weighted by molar-refractivity contribution is -0.870. The van der Waals surface area contributed by atoms with Crippen molar-refractivity contribution in [3.8, 4) is 0 Å². The molecule has 0 aliphatic carbocycles. The Morgan fingerprint density at radius 3 is 1.73 bits per heavy atom. The molecule has 48 heavy (non-hydrogen) atoms. The number of rotatable bonds is 34. The molecule has 0 aliphatic heterocycles. The SMILES string of the molecule is CCCCCC/C=C\C/C=C\CCCCCCCC(=O)NC(COP(=O)(O)OCC[N+](C)(C)C)C(O)/C=C/CCCCCCCCCC. The fourth-order valence-electron chi connectivity index (χ4n) is 5.19. The minimum Gasteiger partial charge on any atom is -0.387 e. The minimum absolute atomic E-state index is 0.0578. The van der Waals surface area contributed by atoms with Gasteiger partial charge in [0.2, 0.25) is 5.91 Å². The smallest absolute Gasteiger partial charge is 0.387 e. The summed E-state index contributed by atoms with van der Waals surface area (Å²) in [6, 6.07) is -0.850. The molecule has 0 aromatic heterocycles. The van der Waals surface area contributed by atoms with Crippen molar-refractivity contribution >= 4 is 13.7 Å². The average Bonchev–Trinajstić information content (AvgIpc) is 3.02. The molecule has 0 fully saturated rings. The predicted octanol–water partition coefficient (Wildman–Crippen LogP) is 9.96. The first-order valence-electron chi connectivity index (χ1n) is 19.4. The molecule has 8 nitrogen and oxygen atoms in total. The topological polar surface area (TPSA) is 105 Å². The van der Waals surface area contributed by atoms with Crippen LogP contribution in [0.1, 0.15) is 155 Å². The highest BCUT2D eigenvalue weighted by Gasteiger charge is 2.27. The van der Waals surface area contributed by atoms with Crippen LogP contribution in [-0.4, -0.2) is 73.4 Å². The summed E-state index contributed by atoms with van der Waals surface area (Å²) in [6.07, 6.45) is 36.3. The van der Waals surface area contributed by atoms with Crippen LogP contribution in [0.5, 0.6) is 0 Å². The van der Waals surface area contributed by atoms with Crippen molar-refractivity contribution in [3.05, 3.63) is 36.5 Å². The predicted molar refractivity (Wildman–Crippen MR) is 203 cm³/mol. The second-order valence-corrected chi connectivity index (χ2v) is 15.8. The van der Waals surface area contributed by atoms with Crippen LogP contribution >= 0.6 is 7.82 Å². The Labute approximate surface area is 296 Å². The van der Waals surface area contributed by atoms with Crippen LogP contribution in [0.3, 0.4) is 0 Å². The summed E-state index contributed by atoms with van der Waals surface area (Å²) in [4.78, 5) is 23.0. The number of unbranched alkanes of at least 4 members (excludes halogenated alkanes) is 17. The molecule has 0 radical (unpaired) electrons. The number of allylic oxidation sites excluding steroid dienone is 5. The number of carbonyl (C=O) groups is 1. The van der Waals surface area contributed by atoms with Crippen LogP contribution < -0.4 is 5.32 Å². The Hall–Kier alpha value is -1.28. The number of nitrogens with one attached hydrogen (secondary N) is 1. The summed E-state index contributed by atoms with van der Waals surface area (Å²) < 4.78 is 23.4. The van der Waals surface area contributed by atoms with E-state index in [2.05, 4.69) is 43.5 Å². The largest absolute Gasteiger partial charge is 0.472 e. The number of amides is 1. The molecule has 282 valence electrons. The normalized spacial score (nSPS) is 15.1. The highest BCUT2D eigenvalue weighted by Crippen LogP contribution is 2.43. The third kappa shape index (κ3) is 33.2. The highest BCUT2D eigenvalue weighted by molar-refractivity contribution is 7.47. The lowest BCUT2D eigenvalue weighted by Gasteiger charge is -2.25. The quantitative estimate of drug-likeness (QED) is 0.0267. The maximum atomic E-state index is 12.8. The van der Waals surface area contributed by atoms with Gasteiger partial charge in [-0.15, -0.1) is 0 Å². The second kappa shape index (κ2) is 31.7. The molecule has 3 unspecified atom stereocenters. The third-order valence-corrected chi connectivity index (χ3v) is 9.34. The van der Waals surface area contributed by atoms with Crippen LogP contribution in [0.2, 0.25) is 0 Å². The van der Waals surface area contributed by atoms with Gasteiger partial charge in [0, 0.05) is 6.42 Å². The van der Waals surface area contributed by atoms with E-state index in [1.807, 2.05) is 27.2 Å². The number of hydrogen-bond acceptors (Lipinski definition) is 5. The average molecular weight is 700 g/mol. The van der Waals surface area contributed by atoms with Crippen LogP contribution in [-0.2, 0) is 18.4 Å². The van der Waals surface area contributed by atoms with E-state index in [1.165, 1.54) is 70.6 Å². The number of quaternary nitrogens is 1. The first-order valence-corrected chi connectivity index (χ1v) is 20.9. The molecule has 0 saturated carbocycles. The van der Waals surface area contributed by atoms with Crippen molar-refractivity contribution in [3.63, 3.8) is 0 Å². The van der Waals surface area contributed by atoms with E-state index >= 15 is 0 Å². The maximum absolute atomic E-state index is 12.8. The Kier molecular flexibility index (Phi) is 30.8. The number of phosphoric ester groups is 1. The summed E-state index contributed by atoms with van der Waals surface area (Å²) >= 11 is 0. The lowest BCUT2D eigenvalue weighted by atomic mass is 10.1. The number of hydrogen-bond donors (Lipinski definition) is 3. The molecule has 0 aromatic rings. The molecule has 0 aromatic carbocycles. The van der Waals surface area contributed by atoms with Gasteiger partial charge in [0.1, 0.15) is 13.2 Å². The van der Waals surface area contributed by atoms with E-state index in [0.29, 0.717) is 17.4 Å². The van der Waals surface area contributed by atoms with Gasteiger partial charge in [-0.3, -0.25) is 13.8 Å². The van der Waals surface area contributed by atoms with Gasteiger partial charge in [-0.2, -0.15) is 0 Å². The zero-order valence-electron chi connectivity index (χ0n) is 31.7. The van der Waals surface area contributed by atoms with E-state index in [9.17, 15) is 19.4 Å². The molecule has 0 bridgehead atoms. The lowest BCUT2D eigenvalue weighted by Crippen LogP contribution is -2.45. The van der Waals surface area contributed by atoms with E-state index in [-0.39, 0.29) is 19.1 Å². The minimum atomic E-state index is -4.33. The fraction of sp³-hybridized carbons (Fsp3) is 0.821. The van der Waals surface area contributed by atoms with Crippen molar-refractivity contribution < 1.29 is 32.9 Å². The molecule has 0 rings (SSSR count). The number of carbonyl (C=O) groups excluding carboxylic acids is 1. The van der Waals surface area contributed by atoms with Crippen molar-refractivity contribution in [1.29, 1.82) is 0 Å². The Morgan fingerprint density at radius 2 is 1.19 bits per heavy atom. The number of aliphatic hydroxyl groups is 1. The molecule has 0 spiro atoms. The van der Waals surface area contributed by atoms with E-state index in [1.54, 1.807) is 6.08 Å². The molecular weight excluding hydrogens is 623 g/mol. The standard InChI is InChI=1S/C39H75N2O6P/c1-6-8-10-12-14-16-18-19-20-21-22-23-25-27-29-31-33-39(43)40-37(36-47-48(44,45)46-35-34-41(3,4)5)38(42)32-30-28-26-24-17-15-13-11-9-7-2/h16,18,20-21,30,32,37-38,42H,6-15,17,19,22-29,31,33-36H2,1-5H3,(H-,40,43,44,45)/p+1/b18-16-,21-20-,32-30+. The van der Waals surface area contributed by atoms with Gasteiger partial charge < -0.3 is 19.8 Å². The number of aliphatic hydroxyl groups excluding tert-OH is 1. The summed E-state index contributed by atoms with van der Waals surface area (Å²) in [7, 11) is 1.55.